The molecule has 3 amide bonds. The maximum atomic E-state index is 12.7. The van der Waals surface area contributed by atoms with Crippen LogP contribution in [0.4, 0.5) is 0 Å². The van der Waals surface area contributed by atoms with E-state index in [4.69, 9.17) is 21.1 Å². The van der Waals surface area contributed by atoms with Crippen molar-refractivity contribution in [2.45, 2.75) is 37.0 Å². The van der Waals surface area contributed by atoms with Gasteiger partial charge in [-0.3, -0.25) is 19.2 Å². The van der Waals surface area contributed by atoms with Gasteiger partial charge in [-0.25, -0.2) is 4.79 Å². The lowest BCUT2D eigenvalue weighted by atomic mass is 10.0. The molecule has 32 heavy (non-hydrogen) atoms. The van der Waals surface area contributed by atoms with Gasteiger partial charge in [-0.15, -0.1) is 0 Å². The van der Waals surface area contributed by atoms with Crippen molar-refractivity contribution < 1.29 is 39.3 Å². The smallest absolute Gasteiger partial charge is 0.328 e. The highest BCUT2D eigenvalue weighted by Crippen LogP contribution is 2.06. The average molecular weight is 471 g/mol. The first-order valence-corrected chi connectivity index (χ1v) is 10.1. The summed E-state index contributed by atoms with van der Waals surface area (Å²) in [4.78, 5) is 59.7. The summed E-state index contributed by atoms with van der Waals surface area (Å²) in [5, 5.41) is 33.9. The van der Waals surface area contributed by atoms with E-state index in [-0.39, 0.29) is 12.2 Å². The number of hydrogen-bond acceptors (Lipinski definition) is 8. The van der Waals surface area contributed by atoms with Gasteiger partial charge >= 0.3 is 11.9 Å². The highest BCUT2D eigenvalue weighted by atomic mass is 32.1. The van der Waals surface area contributed by atoms with Crippen LogP contribution in [0.3, 0.4) is 0 Å². The Morgan fingerprint density at radius 2 is 1.41 bits per heavy atom. The number of nitrogens with one attached hydrogen (secondary N) is 3. The maximum absolute atomic E-state index is 12.7. The second-order valence-electron chi connectivity index (χ2n) is 6.78. The number of carbonyl (C=O) groups is 5. The van der Waals surface area contributed by atoms with E-state index >= 15 is 0 Å². The molecule has 13 heteroatoms. The molecule has 1 rings (SSSR count). The number of nitrogens with two attached hydrogens (primary N) is 1. The number of carboxylic acids is 2. The SMILES string of the molecule is NC(CS)C(=O)NC(CC(=O)O)C(=O)NC(Cc1ccccc1)C(=O)NC(CO)C(=O)O. The highest BCUT2D eigenvalue weighted by molar-refractivity contribution is 7.80. The third-order valence-electron chi connectivity index (χ3n) is 4.26. The van der Waals surface area contributed by atoms with Crippen LogP contribution in [-0.4, -0.2) is 81.5 Å². The molecule has 1 aromatic rings. The Morgan fingerprint density at radius 3 is 1.91 bits per heavy atom. The molecule has 0 aliphatic rings. The Bertz CT molecular complexity index is 823. The molecule has 0 fully saturated rings. The molecule has 0 radical (unpaired) electrons. The van der Waals surface area contributed by atoms with Crippen LogP contribution in [-0.2, 0) is 30.4 Å². The van der Waals surface area contributed by atoms with Crippen molar-refractivity contribution in [3.8, 4) is 0 Å². The van der Waals surface area contributed by atoms with Gasteiger partial charge in [-0.1, -0.05) is 30.3 Å². The van der Waals surface area contributed by atoms with Crippen LogP contribution < -0.4 is 21.7 Å². The van der Waals surface area contributed by atoms with Gasteiger partial charge < -0.3 is 37.0 Å². The van der Waals surface area contributed by atoms with E-state index in [0.717, 1.165) is 0 Å². The molecule has 0 heterocycles. The second-order valence-corrected chi connectivity index (χ2v) is 7.15. The van der Waals surface area contributed by atoms with Gasteiger partial charge in [0.25, 0.3) is 0 Å². The van der Waals surface area contributed by atoms with Gasteiger partial charge in [0.2, 0.25) is 17.7 Å². The van der Waals surface area contributed by atoms with Crippen molar-refractivity contribution in [2.75, 3.05) is 12.4 Å². The summed E-state index contributed by atoms with van der Waals surface area (Å²) >= 11 is 3.87. The maximum Gasteiger partial charge on any atom is 0.328 e. The zero-order valence-corrected chi connectivity index (χ0v) is 17.8. The van der Waals surface area contributed by atoms with Gasteiger partial charge in [0.1, 0.15) is 18.1 Å². The van der Waals surface area contributed by atoms with Gasteiger partial charge in [0, 0.05) is 12.2 Å². The zero-order valence-electron chi connectivity index (χ0n) is 16.9. The summed E-state index contributed by atoms with van der Waals surface area (Å²) in [6.45, 7) is -0.883. The molecule has 0 aliphatic carbocycles. The molecule has 0 saturated heterocycles. The van der Waals surface area contributed by atoms with Crippen LogP contribution in [0.2, 0.25) is 0 Å². The molecule has 176 valence electrons. The number of aliphatic hydroxyl groups excluding tert-OH is 1. The number of aliphatic carboxylic acids is 2. The van der Waals surface area contributed by atoms with Crippen LogP contribution in [0.5, 0.6) is 0 Å². The third kappa shape index (κ3) is 8.91. The van der Waals surface area contributed by atoms with Crippen molar-refractivity contribution in [1.82, 2.24) is 16.0 Å². The molecule has 4 unspecified atom stereocenters. The fraction of sp³-hybridized carbons (Fsp3) is 0.421. The lowest BCUT2D eigenvalue weighted by Gasteiger charge is -2.24. The first kappa shape index (κ1) is 26.9. The molecule has 1 aromatic carbocycles. The molecular weight excluding hydrogens is 444 g/mol. The number of thiol groups is 1. The lowest BCUT2D eigenvalue weighted by Crippen LogP contribution is -2.58. The Balaban J connectivity index is 3.08. The normalized spacial score (nSPS) is 14.3. The van der Waals surface area contributed by atoms with Crippen molar-refractivity contribution in [3.05, 3.63) is 35.9 Å². The molecular formula is C19H26N4O8S. The molecule has 0 spiro atoms. The van der Waals surface area contributed by atoms with Crippen LogP contribution in [0.1, 0.15) is 12.0 Å². The minimum absolute atomic E-state index is 0.0516. The number of rotatable bonds is 13. The number of aliphatic hydroxyl groups is 1. The lowest BCUT2D eigenvalue weighted by molar-refractivity contribution is -0.144. The van der Waals surface area contributed by atoms with Gasteiger partial charge in [-0.05, 0) is 5.56 Å². The molecule has 12 nitrogen and oxygen atoms in total. The predicted octanol–water partition coefficient (Wildman–Crippen LogP) is -2.51. The van der Waals surface area contributed by atoms with Crippen molar-refractivity contribution in [1.29, 1.82) is 0 Å². The quantitative estimate of drug-likeness (QED) is 0.143. The van der Waals surface area contributed by atoms with E-state index in [2.05, 4.69) is 28.6 Å². The summed E-state index contributed by atoms with van der Waals surface area (Å²) in [7, 11) is 0. The van der Waals surface area contributed by atoms with Crippen molar-refractivity contribution in [2.24, 2.45) is 5.73 Å². The summed E-state index contributed by atoms with van der Waals surface area (Å²) < 4.78 is 0. The van der Waals surface area contributed by atoms with E-state index in [9.17, 15) is 24.0 Å². The molecule has 0 aromatic heterocycles. The Morgan fingerprint density at radius 1 is 0.875 bits per heavy atom. The molecule has 0 bridgehead atoms. The minimum Gasteiger partial charge on any atom is -0.481 e. The highest BCUT2D eigenvalue weighted by Gasteiger charge is 2.31. The standard InChI is InChI=1S/C19H26N4O8S/c20-11(9-32)16(27)21-13(7-15(25)26)18(29)22-12(6-10-4-2-1-3-5-10)17(28)23-14(8-24)19(30)31/h1-5,11-14,24,32H,6-9,20H2,(H,21,27)(H,22,29)(H,23,28)(H,25,26)(H,30,31). The predicted molar refractivity (Wildman–Crippen MR) is 115 cm³/mol. The summed E-state index contributed by atoms with van der Waals surface area (Å²) in [5.74, 6) is -5.64. The van der Waals surface area contributed by atoms with Gasteiger partial charge in [0.15, 0.2) is 0 Å². The molecule has 0 aliphatic heterocycles. The molecule has 4 atom stereocenters. The van der Waals surface area contributed by atoms with E-state index in [1.165, 1.54) is 0 Å². The van der Waals surface area contributed by atoms with E-state index < -0.39 is 66.9 Å². The Labute approximate surface area is 189 Å². The Kier molecular flexibility index (Phi) is 11.2. The van der Waals surface area contributed by atoms with E-state index in [1.54, 1.807) is 30.3 Å². The van der Waals surface area contributed by atoms with Crippen LogP contribution >= 0.6 is 12.6 Å². The number of amides is 3. The first-order chi connectivity index (χ1) is 15.1. The van der Waals surface area contributed by atoms with Crippen LogP contribution in [0, 0.1) is 0 Å². The van der Waals surface area contributed by atoms with Crippen LogP contribution in [0.15, 0.2) is 30.3 Å². The summed E-state index contributed by atoms with van der Waals surface area (Å²) in [5.41, 5.74) is 6.15. The summed E-state index contributed by atoms with van der Waals surface area (Å²) in [6, 6.07) is 2.85. The monoisotopic (exact) mass is 470 g/mol. The molecule has 8 N–H and O–H groups in total. The van der Waals surface area contributed by atoms with Crippen molar-refractivity contribution in [3.63, 3.8) is 0 Å². The topological polar surface area (TPSA) is 208 Å². The van der Waals surface area contributed by atoms with E-state index in [0.29, 0.717) is 5.56 Å². The largest absolute Gasteiger partial charge is 0.481 e. The number of benzene rings is 1. The fourth-order valence-corrected chi connectivity index (χ4v) is 2.70. The number of carbonyl (C=O) groups excluding carboxylic acids is 3. The zero-order chi connectivity index (χ0) is 24.3. The third-order valence-corrected chi connectivity index (χ3v) is 4.65. The fourth-order valence-electron chi connectivity index (χ4n) is 2.53. The second kappa shape index (κ2) is 13.3. The number of hydrogen-bond donors (Lipinski definition) is 8. The summed E-state index contributed by atoms with van der Waals surface area (Å²) in [6.07, 6.45) is -0.856. The van der Waals surface area contributed by atoms with Gasteiger partial charge in [0.05, 0.1) is 19.1 Å². The number of carboxylic acid groups (broad SMARTS) is 2. The average Bonchev–Trinajstić information content (AvgIpc) is 2.75. The van der Waals surface area contributed by atoms with E-state index in [1.807, 2.05) is 0 Å². The first-order valence-electron chi connectivity index (χ1n) is 9.46. The van der Waals surface area contributed by atoms with Crippen LogP contribution in [0.25, 0.3) is 0 Å². The van der Waals surface area contributed by atoms with Gasteiger partial charge in [-0.2, -0.15) is 12.6 Å². The minimum atomic E-state index is -1.61. The molecule has 0 saturated carbocycles. The van der Waals surface area contributed by atoms with Crippen molar-refractivity contribution >= 4 is 42.3 Å². The Hall–Kier alpha value is -3.16.